The number of hydrogen-bond acceptors (Lipinski definition) is 2. The van der Waals surface area contributed by atoms with Gasteiger partial charge in [0, 0.05) is 37.0 Å². The lowest BCUT2D eigenvalue weighted by atomic mass is 9.67. The molecule has 0 aromatic heterocycles. The van der Waals surface area contributed by atoms with Crippen LogP contribution in [0.3, 0.4) is 0 Å². The zero-order valence-corrected chi connectivity index (χ0v) is 15.2. The number of carbonyl (C=O) groups is 1. The summed E-state index contributed by atoms with van der Waals surface area (Å²) in [5.74, 6) is -0.646. The Morgan fingerprint density at radius 3 is 2.58 bits per heavy atom. The second kappa shape index (κ2) is 6.40. The lowest BCUT2D eigenvalue weighted by Crippen LogP contribution is -2.72. The Kier molecular flexibility index (Phi) is 4.60. The summed E-state index contributed by atoms with van der Waals surface area (Å²) in [6, 6.07) is 11.5. The Labute approximate surface area is 145 Å². The van der Waals surface area contributed by atoms with Crippen molar-refractivity contribution in [2.75, 3.05) is 31.6 Å². The van der Waals surface area contributed by atoms with Crippen LogP contribution in [-0.4, -0.2) is 54.3 Å². The van der Waals surface area contributed by atoms with E-state index in [4.69, 9.17) is 0 Å². The summed E-state index contributed by atoms with van der Waals surface area (Å²) in [5, 5.41) is 9.50. The van der Waals surface area contributed by atoms with Crippen molar-refractivity contribution in [2.24, 2.45) is 5.41 Å². The first kappa shape index (κ1) is 17.3. The molecule has 132 valence electrons. The molecule has 2 aliphatic heterocycles. The van der Waals surface area contributed by atoms with E-state index in [-0.39, 0.29) is 12.0 Å². The molecule has 3 rings (SSSR count). The van der Waals surface area contributed by atoms with Crippen LogP contribution in [0, 0.1) is 5.41 Å². The minimum Gasteiger partial charge on any atom is -0.477 e. The van der Waals surface area contributed by atoms with Gasteiger partial charge >= 0.3 is 5.97 Å². The lowest BCUT2D eigenvalue weighted by Gasteiger charge is -2.60. The SMILES string of the molecule is CN(c1ccccc1)C1CC[N+]2(CC(=O)O)CCCCC2C1(C)C. The maximum Gasteiger partial charge on any atom is 0.359 e. The molecule has 0 saturated carbocycles. The summed E-state index contributed by atoms with van der Waals surface area (Å²) in [6.07, 6.45) is 4.61. The molecule has 1 aromatic rings. The number of carboxylic acids is 1. The fourth-order valence-electron chi connectivity index (χ4n) is 5.59. The van der Waals surface area contributed by atoms with Gasteiger partial charge < -0.3 is 14.5 Å². The van der Waals surface area contributed by atoms with E-state index < -0.39 is 5.97 Å². The highest BCUT2D eigenvalue weighted by Gasteiger charge is 2.56. The first-order valence-corrected chi connectivity index (χ1v) is 9.22. The molecule has 0 spiro atoms. The van der Waals surface area contributed by atoms with E-state index in [1.165, 1.54) is 18.5 Å². The predicted molar refractivity (Wildman–Crippen MR) is 97.2 cm³/mol. The molecule has 1 N–H and O–H groups in total. The second-order valence-corrected chi connectivity index (χ2v) is 8.30. The van der Waals surface area contributed by atoms with Gasteiger partial charge in [0.2, 0.25) is 0 Å². The number of piperidine rings is 2. The summed E-state index contributed by atoms with van der Waals surface area (Å²) in [5.41, 5.74) is 1.35. The lowest BCUT2D eigenvalue weighted by molar-refractivity contribution is -0.961. The Bertz CT molecular complexity index is 587. The van der Waals surface area contributed by atoms with Gasteiger partial charge in [-0.15, -0.1) is 0 Å². The number of quaternary nitrogens is 1. The third kappa shape index (κ3) is 2.92. The minimum absolute atomic E-state index is 0.0959. The van der Waals surface area contributed by atoms with E-state index in [0.29, 0.717) is 12.1 Å². The van der Waals surface area contributed by atoms with Gasteiger partial charge in [0.1, 0.15) is 0 Å². The molecule has 2 saturated heterocycles. The van der Waals surface area contributed by atoms with Crippen LogP contribution in [0.15, 0.2) is 30.3 Å². The number of benzene rings is 1. The number of carboxylic acid groups (broad SMARTS) is 1. The van der Waals surface area contributed by atoms with Crippen molar-refractivity contribution in [1.82, 2.24) is 0 Å². The largest absolute Gasteiger partial charge is 0.477 e. The van der Waals surface area contributed by atoms with Crippen LogP contribution in [0.25, 0.3) is 0 Å². The number of fused-ring (bicyclic) bond motifs is 1. The van der Waals surface area contributed by atoms with Crippen molar-refractivity contribution in [3.8, 4) is 0 Å². The number of rotatable bonds is 4. The van der Waals surface area contributed by atoms with Crippen LogP contribution < -0.4 is 4.90 Å². The zero-order valence-electron chi connectivity index (χ0n) is 15.2. The molecule has 0 aliphatic carbocycles. The minimum atomic E-state index is -0.646. The molecule has 4 heteroatoms. The first-order chi connectivity index (χ1) is 11.4. The number of aliphatic carboxylic acids is 1. The molecule has 2 fully saturated rings. The molecule has 0 radical (unpaired) electrons. The first-order valence-electron chi connectivity index (χ1n) is 9.22. The Hall–Kier alpha value is -1.55. The summed E-state index contributed by atoms with van der Waals surface area (Å²) in [6.45, 7) is 7.03. The van der Waals surface area contributed by atoms with E-state index >= 15 is 0 Å². The molecule has 2 aliphatic rings. The summed E-state index contributed by atoms with van der Waals surface area (Å²) < 4.78 is 0.793. The van der Waals surface area contributed by atoms with E-state index in [1.807, 2.05) is 0 Å². The maximum absolute atomic E-state index is 11.5. The highest BCUT2D eigenvalue weighted by atomic mass is 16.4. The van der Waals surface area contributed by atoms with E-state index in [9.17, 15) is 9.90 Å². The molecule has 3 atom stereocenters. The number of anilines is 1. The standard InChI is InChI=1S/C20H30N2O2/c1-20(2)17(21(3)16-9-5-4-6-10-16)12-14-22(15-19(23)24)13-8-7-11-18(20)22/h4-6,9-10,17-18H,7-8,11-15H2,1-3H3/p+1. The Morgan fingerprint density at radius 2 is 1.92 bits per heavy atom. The smallest absolute Gasteiger partial charge is 0.359 e. The molecular weight excluding hydrogens is 300 g/mol. The van der Waals surface area contributed by atoms with Crippen LogP contribution >= 0.6 is 0 Å². The monoisotopic (exact) mass is 331 g/mol. The van der Waals surface area contributed by atoms with Crippen molar-refractivity contribution in [3.05, 3.63) is 30.3 Å². The van der Waals surface area contributed by atoms with Gasteiger partial charge in [-0.1, -0.05) is 32.0 Å². The third-order valence-corrected chi connectivity index (χ3v) is 6.64. The zero-order chi connectivity index (χ0) is 17.4. The van der Waals surface area contributed by atoms with Crippen molar-refractivity contribution >= 4 is 11.7 Å². The summed E-state index contributed by atoms with van der Waals surface area (Å²) in [4.78, 5) is 14.0. The van der Waals surface area contributed by atoms with Gasteiger partial charge in [-0.05, 0) is 25.0 Å². The number of nitrogens with zero attached hydrogens (tertiary/aromatic N) is 2. The molecule has 0 bridgehead atoms. The molecule has 4 nitrogen and oxygen atoms in total. The average molecular weight is 331 g/mol. The van der Waals surface area contributed by atoms with E-state index in [0.717, 1.165) is 30.4 Å². The summed E-state index contributed by atoms with van der Waals surface area (Å²) >= 11 is 0. The quantitative estimate of drug-likeness (QED) is 0.860. The number of para-hydroxylation sites is 1. The van der Waals surface area contributed by atoms with Crippen LogP contribution in [0.4, 0.5) is 5.69 Å². The molecule has 3 unspecified atom stereocenters. The van der Waals surface area contributed by atoms with Crippen molar-refractivity contribution in [2.45, 2.75) is 51.6 Å². The number of hydrogen-bond donors (Lipinski definition) is 1. The second-order valence-electron chi connectivity index (χ2n) is 8.30. The Balaban J connectivity index is 1.90. The van der Waals surface area contributed by atoms with Crippen LogP contribution in [0.2, 0.25) is 0 Å². The van der Waals surface area contributed by atoms with Crippen molar-refractivity contribution in [1.29, 1.82) is 0 Å². The van der Waals surface area contributed by atoms with Gasteiger partial charge in [0.15, 0.2) is 6.54 Å². The molecule has 1 aromatic carbocycles. The topological polar surface area (TPSA) is 40.5 Å². The van der Waals surface area contributed by atoms with Crippen molar-refractivity contribution < 1.29 is 14.4 Å². The normalized spacial score (nSPS) is 32.0. The van der Waals surface area contributed by atoms with Gasteiger partial charge in [-0.2, -0.15) is 0 Å². The van der Waals surface area contributed by atoms with E-state index in [2.05, 4.69) is 56.1 Å². The van der Waals surface area contributed by atoms with E-state index in [1.54, 1.807) is 0 Å². The Morgan fingerprint density at radius 1 is 1.21 bits per heavy atom. The fraction of sp³-hybridized carbons (Fsp3) is 0.650. The highest BCUT2D eigenvalue weighted by Crippen LogP contribution is 2.47. The predicted octanol–water partition coefficient (Wildman–Crippen LogP) is 3.38. The molecule has 24 heavy (non-hydrogen) atoms. The van der Waals surface area contributed by atoms with Crippen LogP contribution in [0.5, 0.6) is 0 Å². The molecule has 0 amide bonds. The molecular formula is C20H31N2O2+. The van der Waals surface area contributed by atoms with Crippen LogP contribution in [-0.2, 0) is 4.79 Å². The summed E-state index contributed by atoms with van der Waals surface area (Å²) in [7, 11) is 2.20. The van der Waals surface area contributed by atoms with Gasteiger partial charge in [-0.25, -0.2) is 4.79 Å². The van der Waals surface area contributed by atoms with Gasteiger partial charge in [-0.3, -0.25) is 0 Å². The molecule has 2 heterocycles. The fourth-order valence-corrected chi connectivity index (χ4v) is 5.59. The third-order valence-electron chi connectivity index (χ3n) is 6.64. The average Bonchev–Trinajstić information content (AvgIpc) is 2.54. The van der Waals surface area contributed by atoms with Gasteiger partial charge in [0.05, 0.1) is 19.1 Å². The van der Waals surface area contributed by atoms with Crippen molar-refractivity contribution in [3.63, 3.8) is 0 Å². The maximum atomic E-state index is 11.5. The van der Waals surface area contributed by atoms with Gasteiger partial charge in [0.25, 0.3) is 0 Å². The highest BCUT2D eigenvalue weighted by molar-refractivity contribution is 5.68. The van der Waals surface area contributed by atoms with Crippen LogP contribution in [0.1, 0.15) is 39.5 Å².